The van der Waals surface area contributed by atoms with Crippen LogP contribution in [-0.2, 0) is 0 Å². The quantitative estimate of drug-likeness (QED) is 0.805. The highest BCUT2D eigenvalue weighted by Gasteiger charge is 2.21. The summed E-state index contributed by atoms with van der Waals surface area (Å²) >= 11 is 1.97. The Balaban J connectivity index is 2.38. The Kier molecular flexibility index (Phi) is 3.80. The summed E-state index contributed by atoms with van der Waals surface area (Å²) in [6.45, 7) is 3.19. The Morgan fingerprint density at radius 2 is 2.35 bits per heavy atom. The molecule has 17 heavy (non-hydrogen) atoms. The van der Waals surface area contributed by atoms with Crippen LogP contribution in [0.25, 0.3) is 0 Å². The van der Waals surface area contributed by atoms with Gasteiger partial charge in [-0.05, 0) is 19.1 Å². The second kappa shape index (κ2) is 5.33. The summed E-state index contributed by atoms with van der Waals surface area (Å²) < 4.78 is 5.24. The van der Waals surface area contributed by atoms with Gasteiger partial charge in [0, 0.05) is 30.2 Å². The van der Waals surface area contributed by atoms with E-state index in [1.165, 1.54) is 0 Å². The molecular weight excluding hydrogens is 232 g/mol. The first-order valence-electron chi connectivity index (χ1n) is 5.68. The Morgan fingerprint density at radius 3 is 3.00 bits per heavy atom. The first kappa shape index (κ1) is 12.1. The van der Waals surface area contributed by atoms with E-state index in [1.807, 2.05) is 30.0 Å². The maximum absolute atomic E-state index is 9.18. The lowest BCUT2D eigenvalue weighted by Crippen LogP contribution is -2.40. The Morgan fingerprint density at radius 1 is 1.53 bits per heavy atom. The Bertz CT molecular complexity index is 442. The van der Waals surface area contributed by atoms with Gasteiger partial charge in [-0.25, -0.2) is 0 Å². The number of benzene rings is 1. The normalized spacial score (nSPS) is 19.8. The van der Waals surface area contributed by atoms with Crippen molar-refractivity contribution in [3.8, 4) is 11.8 Å². The zero-order valence-corrected chi connectivity index (χ0v) is 11.0. The fourth-order valence-electron chi connectivity index (χ4n) is 2.06. The van der Waals surface area contributed by atoms with Gasteiger partial charge in [0.1, 0.15) is 11.8 Å². The van der Waals surface area contributed by atoms with Crippen LogP contribution in [0.1, 0.15) is 12.5 Å². The molecule has 0 radical (unpaired) electrons. The molecule has 0 bridgehead atoms. The minimum Gasteiger partial charge on any atom is -0.497 e. The standard InChI is InChI=1S/C13H16N2OS/c1-10-9-17-6-5-15(10)13-7-12(16-2)4-3-11(13)8-14/h3-4,7,10H,5-6,9H2,1-2H3. The summed E-state index contributed by atoms with van der Waals surface area (Å²) in [5, 5.41) is 9.18. The summed E-state index contributed by atoms with van der Waals surface area (Å²) in [5.74, 6) is 3.04. The van der Waals surface area contributed by atoms with Gasteiger partial charge in [0.2, 0.25) is 0 Å². The number of rotatable bonds is 2. The fraction of sp³-hybridized carbons (Fsp3) is 0.462. The molecule has 3 nitrogen and oxygen atoms in total. The van der Waals surface area contributed by atoms with Crippen molar-refractivity contribution in [2.75, 3.05) is 30.1 Å². The average Bonchev–Trinajstić information content (AvgIpc) is 2.38. The third-order valence-corrected chi connectivity index (χ3v) is 4.19. The van der Waals surface area contributed by atoms with Crippen LogP contribution in [0.5, 0.6) is 5.75 Å². The van der Waals surface area contributed by atoms with E-state index in [-0.39, 0.29) is 0 Å². The summed E-state index contributed by atoms with van der Waals surface area (Å²) in [7, 11) is 1.65. The summed E-state index contributed by atoms with van der Waals surface area (Å²) in [6.07, 6.45) is 0. The van der Waals surface area contributed by atoms with Crippen LogP contribution in [0, 0.1) is 11.3 Å². The zero-order chi connectivity index (χ0) is 12.3. The molecule has 2 rings (SSSR count). The molecule has 1 atom stereocenters. The van der Waals surface area contributed by atoms with Gasteiger partial charge in [0.15, 0.2) is 0 Å². The molecular formula is C13H16N2OS. The van der Waals surface area contributed by atoms with E-state index in [0.29, 0.717) is 6.04 Å². The fourth-order valence-corrected chi connectivity index (χ4v) is 3.07. The lowest BCUT2D eigenvalue weighted by Gasteiger charge is -2.35. The molecule has 90 valence electrons. The SMILES string of the molecule is COc1ccc(C#N)c(N2CCSCC2C)c1. The Hall–Kier alpha value is -1.34. The van der Waals surface area contributed by atoms with Crippen molar-refractivity contribution < 1.29 is 4.74 Å². The molecule has 1 fully saturated rings. The molecule has 0 spiro atoms. The molecule has 1 aromatic rings. The van der Waals surface area contributed by atoms with Crippen molar-refractivity contribution in [1.29, 1.82) is 5.26 Å². The highest BCUT2D eigenvalue weighted by Crippen LogP contribution is 2.30. The number of ether oxygens (including phenoxy) is 1. The van der Waals surface area contributed by atoms with E-state index >= 15 is 0 Å². The number of methoxy groups -OCH3 is 1. The lowest BCUT2D eigenvalue weighted by molar-refractivity contribution is 0.414. The number of anilines is 1. The van der Waals surface area contributed by atoms with Crippen LogP contribution >= 0.6 is 11.8 Å². The topological polar surface area (TPSA) is 36.3 Å². The van der Waals surface area contributed by atoms with Crippen LogP contribution in [0.2, 0.25) is 0 Å². The third-order valence-electron chi connectivity index (χ3n) is 3.00. The second-order valence-electron chi connectivity index (χ2n) is 4.11. The molecule has 0 saturated carbocycles. The van der Waals surface area contributed by atoms with Crippen molar-refractivity contribution in [2.24, 2.45) is 0 Å². The first-order chi connectivity index (χ1) is 8.26. The minimum atomic E-state index is 0.466. The summed E-state index contributed by atoms with van der Waals surface area (Å²) in [6, 6.07) is 8.36. The number of nitrogens with zero attached hydrogens (tertiary/aromatic N) is 2. The van der Waals surface area contributed by atoms with Crippen molar-refractivity contribution in [3.05, 3.63) is 23.8 Å². The minimum absolute atomic E-state index is 0.466. The summed E-state index contributed by atoms with van der Waals surface area (Å²) in [4.78, 5) is 2.30. The number of hydrogen-bond acceptors (Lipinski definition) is 4. The van der Waals surface area contributed by atoms with Crippen molar-refractivity contribution in [3.63, 3.8) is 0 Å². The number of nitriles is 1. The van der Waals surface area contributed by atoms with E-state index in [0.717, 1.165) is 35.1 Å². The molecule has 1 aliphatic heterocycles. The zero-order valence-electron chi connectivity index (χ0n) is 10.1. The lowest BCUT2D eigenvalue weighted by atomic mass is 10.1. The number of thioether (sulfide) groups is 1. The van der Waals surface area contributed by atoms with Gasteiger partial charge in [0.25, 0.3) is 0 Å². The average molecular weight is 248 g/mol. The van der Waals surface area contributed by atoms with Gasteiger partial charge in [-0.1, -0.05) is 0 Å². The van der Waals surface area contributed by atoms with E-state index in [9.17, 15) is 5.26 Å². The molecule has 1 aromatic carbocycles. The number of hydrogen-bond donors (Lipinski definition) is 0. The molecule has 1 heterocycles. The Labute approximate surface area is 106 Å². The van der Waals surface area contributed by atoms with Gasteiger partial charge >= 0.3 is 0 Å². The van der Waals surface area contributed by atoms with E-state index < -0.39 is 0 Å². The van der Waals surface area contributed by atoms with E-state index in [2.05, 4.69) is 17.9 Å². The molecule has 0 aliphatic carbocycles. The van der Waals surface area contributed by atoms with Gasteiger partial charge in [-0.3, -0.25) is 0 Å². The van der Waals surface area contributed by atoms with Crippen LogP contribution in [0.15, 0.2) is 18.2 Å². The van der Waals surface area contributed by atoms with Crippen molar-refractivity contribution in [2.45, 2.75) is 13.0 Å². The molecule has 0 aromatic heterocycles. The predicted octanol–water partition coefficient (Wildman–Crippen LogP) is 2.51. The third kappa shape index (κ3) is 2.50. The monoisotopic (exact) mass is 248 g/mol. The first-order valence-corrected chi connectivity index (χ1v) is 6.84. The molecule has 0 N–H and O–H groups in total. The smallest absolute Gasteiger partial charge is 0.121 e. The highest BCUT2D eigenvalue weighted by molar-refractivity contribution is 7.99. The summed E-state index contributed by atoms with van der Waals surface area (Å²) in [5.41, 5.74) is 1.73. The van der Waals surface area contributed by atoms with Gasteiger partial charge in [-0.15, -0.1) is 0 Å². The van der Waals surface area contributed by atoms with Gasteiger partial charge in [0.05, 0.1) is 18.4 Å². The van der Waals surface area contributed by atoms with Crippen LogP contribution < -0.4 is 9.64 Å². The molecule has 4 heteroatoms. The maximum Gasteiger partial charge on any atom is 0.121 e. The molecule has 1 saturated heterocycles. The van der Waals surface area contributed by atoms with Crippen LogP contribution in [0.3, 0.4) is 0 Å². The highest BCUT2D eigenvalue weighted by atomic mass is 32.2. The maximum atomic E-state index is 9.18. The van der Waals surface area contributed by atoms with E-state index in [4.69, 9.17) is 4.74 Å². The van der Waals surface area contributed by atoms with Gasteiger partial charge in [-0.2, -0.15) is 17.0 Å². The largest absolute Gasteiger partial charge is 0.497 e. The molecule has 1 unspecified atom stereocenters. The van der Waals surface area contributed by atoms with Crippen molar-refractivity contribution in [1.82, 2.24) is 0 Å². The van der Waals surface area contributed by atoms with Crippen molar-refractivity contribution >= 4 is 17.4 Å². The molecule has 0 amide bonds. The van der Waals surface area contributed by atoms with Crippen LogP contribution in [-0.4, -0.2) is 31.2 Å². The van der Waals surface area contributed by atoms with Gasteiger partial charge < -0.3 is 9.64 Å². The predicted molar refractivity (Wildman–Crippen MR) is 71.8 cm³/mol. The second-order valence-corrected chi connectivity index (χ2v) is 5.26. The van der Waals surface area contributed by atoms with E-state index in [1.54, 1.807) is 7.11 Å². The van der Waals surface area contributed by atoms with Crippen LogP contribution in [0.4, 0.5) is 5.69 Å². The molecule has 1 aliphatic rings.